The van der Waals surface area contributed by atoms with Crippen LogP contribution in [0.3, 0.4) is 0 Å². The first kappa shape index (κ1) is 12.6. The smallest absolute Gasteiger partial charge is 0.341 e. The van der Waals surface area contributed by atoms with E-state index in [9.17, 15) is 19.3 Å². The molecule has 0 atom stereocenters. The van der Waals surface area contributed by atoms with Gasteiger partial charge in [0, 0.05) is 11.6 Å². The molecule has 0 amide bonds. The molecule has 0 aliphatic rings. The maximum Gasteiger partial charge on any atom is 0.341 e. The molecule has 0 spiro atoms. The summed E-state index contributed by atoms with van der Waals surface area (Å²) in [6.07, 6.45) is 0. The number of carbonyl (C=O) groups excluding carboxylic acids is 1. The second-order valence-electron chi connectivity index (χ2n) is 2.94. The second kappa shape index (κ2) is 4.56. The fourth-order valence-corrected chi connectivity index (χ4v) is 1.57. The van der Waals surface area contributed by atoms with Crippen LogP contribution in [0.1, 0.15) is 15.9 Å². The summed E-state index contributed by atoms with van der Waals surface area (Å²) in [5.41, 5.74) is -0.685. The molecule has 1 rings (SSSR count). The lowest BCUT2D eigenvalue weighted by atomic mass is 10.1. The van der Waals surface area contributed by atoms with Crippen molar-refractivity contribution in [1.29, 1.82) is 0 Å². The van der Waals surface area contributed by atoms with Gasteiger partial charge in [-0.2, -0.15) is 0 Å². The van der Waals surface area contributed by atoms with Gasteiger partial charge in [-0.15, -0.1) is 0 Å². The number of nitro benzene ring substituents is 1. The topological polar surface area (TPSA) is 69.4 Å². The molecule has 0 fully saturated rings. The lowest BCUT2D eigenvalue weighted by Gasteiger charge is -2.06. The Morgan fingerprint density at radius 3 is 2.62 bits per heavy atom. The van der Waals surface area contributed by atoms with E-state index in [1.165, 1.54) is 6.92 Å². The minimum absolute atomic E-state index is 0.109. The van der Waals surface area contributed by atoms with Crippen molar-refractivity contribution in [2.45, 2.75) is 6.92 Å². The van der Waals surface area contributed by atoms with Crippen LogP contribution in [-0.4, -0.2) is 18.0 Å². The van der Waals surface area contributed by atoms with E-state index in [-0.39, 0.29) is 15.7 Å². The monoisotopic (exact) mass is 291 g/mol. The number of hydrogen-bond acceptors (Lipinski definition) is 4. The van der Waals surface area contributed by atoms with Crippen molar-refractivity contribution in [1.82, 2.24) is 0 Å². The van der Waals surface area contributed by atoms with Gasteiger partial charge < -0.3 is 4.74 Å². The molecule has 7 heteroatoms. The Kier molecular flexibility index (Phi) is 3.58. The molecular formula is C9H7BrFNO4. The van der Waals surface area contributed by atoms with Crippen LogP contribution in [0, 0.1) is 22.9 Å². The zero-order valence-electron chi connectivity index (χ0n) is 8.41. The van der Waals surface area contributed by atoms with Crippen LogP contribution >= 0.6 is 15.9 Å². The Morgan fingerprint density at radius 1 is 1.62 bits per heavy atom. The quantitative estimate of drug-likeness (QED) is 0.477. The summed E-state index contributed by atoms with van der Waals surface area (Å²) in [5, 5.41) is 10.7. The standard InChI is InChI=1S/C9H7BrFNO4/c1-4-6(12(14)15)3-5(9(13)16-2)8(11)7(4)10/h3H,1-2H3. The normalized spacial score (nSPS) is 10.0. The van der Waals surface area contributed by atoms with Gasteiger partial charge in [0.25, 0.3) is 5.69 Å². The van der Waals surface area contributed by atoms with E-state index in [4.69, 9.17) is 0 Å². The summed E-state index contributed by atoms with van der Waals surface area (Å²) >= 11 is 2.86. The third-order valence-electron chi connectivity index (χ3n) is 2.03. The van der Waals surface area contributed by atoms with Gasteiger partial charge in [-0.25, -0.2) is 9.18 Å². The molecule has 0 aliphatic heterocycles. The molecule has 1 aromatic carbocycles. The summed E-state index contributed by atoms with van der Waals surface area (Å²) in [4.78, 5) is 21.1. The first-order valence-corrected chi connectivity index (χ1v) is 4.90. The molecule has 0 heterocycles. The summed E-state index contributed by atoms with van der Waals surface area (Å²) in [6, 6.07) is 0.862. The fourth-order valence-electron chi connectivity index (χ4n) is 1.15. The molecule has 0 saturated heterocycles. The van der Waals surface area contributed by atoms with Crippen LogP contribution in [0.5, 0.6) is 0 Å². The Balaban J connectivity index is 3.53. The fraction of sp³-hybridized carbons (Fsp3) is 0.222. The number of ether oxygens (including phenoxy) is 1. The number of methoxy groups -OCH3 is 1. The summed E-state index contributed by atoms with van der Waals surface area (Å²) < 4.78 is 17.8. The summed E-state index contributed by atoms with van der Waals surface area (Å²) in [7, 11) is 1.07. The Morgan fingerprint density at radius 2 is 2.19 bits per heavy atom. The molecule has 0 aliphatic carbocycles. The number of esters is 1. The van der Waals surface area contributed by atoms with Crippen molar-refractivity contribution in [3.63, 3.8) is 0 Å². The Bertz CT molecular complexity index is 475. The Labute approximate surface area is 98.5 Å². The molecule has 86 valence electrons. The minimum atomic E-state index is -0.957. The zero-order chi connectivity index (χ0) is 12.5. The van der Waals surface area contributed by atoms with Crippen molar-refractivity contribution < 1.29 is 18.8 Å². The van der Waals surface area contributed by atoms with Crippen LogP contribution in [0.25, 0.3) is 0 Å². The highest BCUT2D eigenvalue weighted by atomic mass is 79.9. The number of nitrogens with zero attached hydrogens (tertiary/aromatic N) is 1. The lowest BCUT2D eigenvalue weighted by Crippen LogP contribution is -2.07. The van der Waals surface area contributed by atoms with Gasteiger partial charge in [-0.3, -0.25) is 10.1 Å². The molecular weight excluding hydrogens is 285 g/mol. The average molecular weight is 292 g/mol. The SMILES string of the molecule is COC(=O)c1cc([N+](=O)[O-])c(C)c(Br)c1F. The van der Waals surface area contributed by atoms with Gasteiger partial charge in [0.1, 0.15) is 5.56 Å². The van der Waals surface area contributed by atoms with E-state index >= 15 is 0 Å². The first-order valence-electron chi connectivity index (χ1n) is 4.11. The van der Waals surface area contributed by atoms with Crippen LogP contribution < -0.4 is 0 Å². The molecule has 5 nitrogen and oxygen atoms in total. The van der Waals surface area contributed by atoms with Gasteiger partial charge in [0.05, 0.1) is 16.5 Å². The van der Waals surface area contributed by atoms with E-state index in [0.29, 0.717) is 0 Å². The minimum Gasteiger partial charge on any atom is -0.465 e. The molecule has 0 saturated carbocycles. The maximum absolute atomic E-state index is 13.6. The van der Waals surface area contributed by atoms with E-state index in [2.05, 4.69) is 20.7 Å². The number of halogens is 2. The van der Waals surface area contributed by atoms with Crippen molar-refractivity contribution in [3.8, 4) is 0 Å². The molecule has 0 N–H and O–H groups in total. The number of carbonyl (C=O) groups is 1. The molecule has 0 radical (unpaired) electrons. The average Bonchev–Trinajstić information content (AvgIpc) is 2.25. The lowest BCUT2D eigenvalue weighted by molar-refractivity contribution is -0.385. The third-order valence-corrected chi connectivity index (χ3v) is 2.97. The molecule has 1 aromatic rings. The van der Waals surface area contributed by atoms with Crippen molar-refractivity contribution in [2.75, 3.05) is 7.11 Å². The molecule has 0 aromatic heterocycles. The molecule has 0 unspecified atom stereocenters. The van der Waals surface area contributed by atoms with E-state index in [1.54, 1.807) is 0 Å². The predicted octanol–water partition coefficient (Wildman–Crippen LogP) is 2.59. The predicted molar refractivity (Wildman–Crippen MR) is 56.8 cm³/mol. The van der Waals surface area contributed by atoms with Crippen molar-refractivity contribution >= 4 is 27.6 Å². The van der Waals surface area contributed by atoms with Gasteiger partial charge in [0.15, 0.2) is 5.82 Å². The Hall–Kier alpha value is -1.50. The zero-order valence-corrected chi connectivity index (χ0v) is 10.00. The summed E-state index contributed by atoms with van der Waals surface area (Å²) in [5.74, 6) is -1.82. The van der Waals surface area contributed by atoms with Crippen molar-refractivity contribution in [2.24, 2.45) is 0 Å². The van der Waals surface area contributed by atoms with E-state index in [1.807, 2.05) is 0 Å². The first-order chi connectivity index (χ1) is 7.40. The largest absolute Gasteiger partial charge is 0.465 e. The third kappa shape index (κ3) is 2.04. The number of nitro groups is 1. The van der Waals surface area contributed by atoms with E-state index in [0.717, 1.165) is 13.2 Å². The number of hydrogen-bond donors (Lipinski definition) is 0. The van der Waals surface area contributed by atoms with Crippen molar-refractivity contribution in [3.05, 3.63) is 37.6 Å². The van der Waals surface area contributed by atoms with E-state index < -0.39 is 22.3 Å². The van der Waals surface area contributed by atoms with Gasteiger partial charge in [-0.05, 0) is 22.9 Å². The van der Waals surface area contributed by atoms with Crippen LogP contribution in [0.15, 0.2) is 10.5 Å². The molecule has 16 heavy (non-hydrogen) atoms. The maximum atomic E-state index is 13.6. The highest BCUT2D eigenvalue weighted by molar-refractivity contribution is 9.10. The highest BCUT2D eigenvalue weighted by Gasteiger charge is 2.24. The number of benzene rings is 1. The van der Waals surface area contributed by atoms with Gasteiger partial charge in [-0.1, -0.05) is 0 Å². The number of rotatable bonds is 2. The van der Waals surface area contributed by atoms with Crippen LogP contribution in [0.4, 0.5) is 10.1 Å². The second-order valence-corrected chi connectivity index (χ2v) is 3.74. The van der Waals surface area contributed by atoms with Gasteiger partial charge in [0.2, 0.25) is 0 Å². The molecule has 0 bridgehead atoms. The van der Waals surface area contributed by atoms with Gasteiger partial charge >= 0.3 is 5.97 Å². The highest BCUT2D eigenvalue weighted by Crippen LogP contribution is 2.31. The van der Waals surface area contributed by atoms with Crippen LogP contribution in [-0.2, 0) is 4.74 Å². The van der Waals surface area contributed by atoms with Crippen LogP contribution in [0.2, 0.25) is 0 Å². The summed E-state index contributed by atoms with van der Waals surface area (Å²) in [6.45, 7) is 1.38.